The van der Waals surface area contributed by atoms with Crippen LogP contribution in [0.25, 0.3) is 0 Å². The summed E-state index contributed by atoms with van der Waals surface area (Å²) >= 11 is 0. The molecule has 0 aromatic carbocycles. The number of amides is 1. The van der Waals surface area contributed by atoms with E-state index in [2.05, 4.69) is 4.98 Å². The summed E-state index contributed by atoms with van der Waals surface area (Å²) in [6, 6.07) is 5.55. The van der Waals surface area contributed by atoms with Crippen LogP contribution in [0, 0.1) is 0 Å². The van der Waals surface area contributed by atoms with Crippen LogP contribution in [0.2, 0.25) is 0 Å². The maximum absolute atomic E-state index is 13.1. The Morgan fingerprint density at radius 3 is 2.64 bits per heavy atom. The fourth-order valence-electron chi connectivity index (χ4n) is 3.84. The third kappa shape index (κ3) is 5.38. The highest BCUT2D eigenvalue weighted by Gasteiger charge is 2.45. The topological polar surface area (TPSA) is 54.9 Å². The maximum Gasteiger partial charge on any atom is 0.410 e. The van der Waals surface area contributed by atoms with Gasteiger partial charge in [-0.3, -0.25) is 9.88 Å². The van der Waals surface area contributed by atoms with Crippen LogP contribution in [0.1, 0.15) is 45.4 Å². The van der Waals surface area contributed by atoms with E-state index >= 15 is 0 Å². The van der Waals surface area contributed by atoms with Gasteiger partial charge in [-0.15, -0.1) is 0 Å². The first-order chi connectivity index (χ1) is 13.2. The van der Waals surface area contributed by atoms with Gasteiger partial charge >= 0.3 is 6.09 Å². The number of likely N-dealkylation sites (tertiary alicyclic amines) is 1. The summed E-state index contributed by atoms with van der Waals surface area (Å²) in [6.45, 7) is 6.99. The summed E-state index contributed by atoms with van der Waals surface area (Å²) in [5.41, 5.74) is -0.366. The van der Waals surface area contributed by atoms with Crippen LogP contribution in [0.3, 0.4) is 0 Å². The van der Waals surface area contributed by atoms with Gasteiger partial charge < -0.3 is 14.4 Å². The minimum Gasteiger partial charge on any atom is -0.444 e. The molecule has 1 spiro atoms. The third-order valence-electron chi connectivity index (χ3n) is 5.07. The molecule has 6 nitrogen and oxygen atoms in total. The minimum absolute atomic E-state index is 0.287. The Kier molecular flexibility index (Phi) is 6.19. The van der Waals surface area contributed by atoms with Crippen molar-refractivity contribution in [1.82, 2.24) is 14.8 Å². The molecule has 28 heavy (non-hydrogen) atoms. The lowest BCUT2D eigenvalue weighted by Crippen LogP contribution is -2.59. The van der Waals surface area contributed by atoms with Crippen molar-refractivity contribution in [3.05, 3.63) is 30.1 Å². The van der Waals surface area contributed by atoms with Crippen molar-refractivity contribution in [2.24, 2.45) is 0 Å². The van der Waals surface area contributed by atoms with E-state index in [0.717, 1.165) is 5.69 Å². The molecular formula is C20H29F2N3O3. The number of carbonyl (C=O) groups is 1. The summed E-state index contributed by atoms with van der Waals surface area (Å²) in [6.07, 6.45) is -0.264. The predicted octanol–water partition coefficient (Wildman–Crippen LogP) is 3.49. The molecule has 2 saturated heterocycles. The number of piperidine rings is 1. The summed E-state index contributed by atoms with van der Waals surface area (Å²) in [7, 11) is 0. The SMILES string of the molecule is CC(C)(C)OC(=O)N1CCC2(CC1)CN(CC(F)F)CC(c1ccccn1)O2. The molecule has 0 saturated carbocycles. The average molecular weight is 397 g/mol. The second-order valence-corrected chi connectivity index (χ2v) is 8.60. The molecule has 1 aromatic rings. The predicted molar refractivity (Wildman–Crippen MR) is 100 cm³/mol. The molecule has 156 valence electrons. The molecule has 2 aliphatic heterocycles. The number of pyridine rings is 1. The van der Waals surface area contributed by atoms with Crippen molar-refractivity contribution in [3.8, 4) is 0 Å². The molecule has 0 radical (unpaired) electrons. The molecule has 0 N–H and O–H groups in total. The van der Waals surface area contributed by atoms with Gasteiger partial charge in [-0.2, -0.15) is 0 Å². The van der Waals surface area contributed by atoms with Crippen LogP contribution in [0.4, 0.5) is 13.6 Å². The normalized spacial score (nSPS) is 23.2. The number of aromatic nitrogens is 1. The lowest BCUT2D eigenvalue weighted by molar-refractivity contribution is -0.182. The third-order valence-corrected chi connectivity index (χ3v) is 5.07. The first kappa shape index (κ1) is 20.9. The van der Waals surface area contributed by atoms with E-state index in [-0.39, 0.29) is 18.7 Å². The van der Waals surface area contributed by atoms with Crippen molar-refractivity contribution in [2.75, 3.05) is 32.7 Å². The molecule has 8 heteroatoms. The number of carbonyl (C=O) groups excluding carboxylic acids is 1. The molecule has 1 amide bonds. The van der Waals surface area contributed by atoms with Gasteiger partial charge in [0.2, 0.25) is 0 Å². The largest absolute Gasteiger partial charge is 0.444 e. The van der Waals surface area contributed by atoms with E-state index < -0.39 is 17.6 Å². The Balaban J connectivity index is 1.70. The summed E-state index contributed by atoms with van der Waals surface area (Å²) in [5, 5.41) is 0. The first-order valence-electron chi connectivity index (χ1n) is 9.73. The van der Waals surface area contributed by atoms with Gasteiger partial charge in [0.15, 0.2) is 0 Å². The Hall–Kier alpha value is -1.80. The number of morpholine rings is 1. The van der Waals surface area contributed by atoms with E-state index in [1.54, 1.807) is 16.0 Å². The molecule has 1 unspecified atom stereocenters. The molecule has 0 aliphatic carbocycles. The lowest BCUT2D eigenvalue weighted by Gasteiger charge is -2.49. The van der Waals surface area contributed by atoms with Gasteiger partial charge in [0, 0.05) is 32.4 Å². The zero-order valence-electron chi connectivity index (χ0n) is 16.7. The van der Waals surface area contributed by atoms with Gasteiger partial charge in [0.25, 0.3) is 6.43 Å². The van der Waals surface area contributed by atoms with Gasteiger partial charge in [-0.05, 0) is 45.7 Å². The Bertz CT molecular complexity index is 658. The molecule has 2 aliphatic rings. The highest BCUT2D eigenvalue weighted by molar-refractivity contribution is 5.68. The first-order valence-corrected chi connectivity index (χ1v) is 9.73. The molecule has 2 fully saturated rings. The number of rotatable bonds is 3. The average Bonchev–Trinajstić information content (AvgIpc) is 2.60. The minimum atomic E-state index is -2.40. The van der Waals surface area contributed by atoms with Crippen LogP contribution in [0.5, 0.6) is 0 Å². The zero-order chi connectivity index (χ0) is 20.4. The van der Waals surface area contributed by atoms with E-state index in [9.17, 15) is 13.6 Å². The van der Waals surface area contributed by atoms with Crippen LogP contribution < -0.4 is 0 Å². The van der Waals surface area contributed by atoms with Crippen molar-refractivity contribution >= 4 is 6.09 Å². The fourth-order valence-corrected chi connectivity index (χ4v) is 3.84. The van der Waals surface area contributed by atoms with Crippen molar-refractivity contribution < 1.29 is 23.0 Å². The van der Waals surface area contributed by atoms with Gasteiger partial charge in [0.05, 0.1) is 17.8 Å². The van der Waals surface area contributed by atoms with Gasteiger partial charge in [0.1, 0.15) is 11.7 Å². The quantitative estimate of drug-likeness (QED) is 0.782. The van der Waals surface area contributed by atoms with Gasteiger partial charge in [-0.25, -0.2) is 13.6 Å². The second kappa shape index (κ2) is 8.29. The second-order valence-electron chi connectivity index (χ2n) is 8.60. The van der Waals surface area contributed by atoms with Crippen molar-refractivity contribution in [2.45, 2.75) is 57.3 Å². The zero-order valence-corrected chi connectivity index (χ0v) is 16.7. The molecule has 0 bridgehead atoms. The summed E-state index contributed by atoms with van der Waals surface area (Å²) in [5.74, 6) is 0. The number of ether oxygens (including phenoxy) is 2. The van der Waals surface area contributed by atoms with Gasteiger partial charge in [-0.1, -0.05) is 6.07 Å². The van der Waals surface area contributed by atoms with Crippen LogP contribution >= 0.6 is 0 Å². The maximum atomic E-state index is 13.1. The van der Waals surface area contributed by atoms with Crippen LogP contribution in [-0.2, 0) is 9.47 Å². The van der Waals surface area contributed by atoms with Crippen molar-refractivity contribution in [1.29, 1.82) is 0 Å². The highest BCUT2D eigenvalue weighted by atomic mass is 19.3. The van der Waals surface area contributed by atoms with Crippen LogP contribution in [0.15, 0.2) is 24.4 Å². The van der Waals surface area contributed by atoms with Crippen molar-refractivity contribution in [3.63, 3.8) is 0 Å². The monoisotopic (exact) mass is 397 g/mol. The summed E-state index contributed by atoms with van der Waals surface area (Å²) < 4.78 is 38.0. The molecule has 1 atom stereocenters. The highest BCUT2D eigenvalue weighted by Crippen LogP contribution is 2.37. The van der Waals surface area contributed by atoms with E-state index in [4.69, 9.17) is 9.47 Å². The lowest BCUT2D eigenvalue weighted by atomic mass is 9.88. The number of nitrogens with zero attached hydrogens (tertiary/aromatic N) is 3. The Morgan fingerprint density at radius 2 is 2.07 bits per heavy atom. The van der Waals surface area contributed by atoms with E-state index in [1.807, 2.05) is 39.0 Å². The Labute approximate surface area is 164 Å². The summed E-state index contributed by atoms with van der Waals surface area (Å²) in [4.78, 5) is 20.1. The molecule has 3 heterocycles. The fraction of sp³-hybridized carbons (Fsp3) is 0.700. The smallest absolute Gasteiger partial charge is 0.410 e. The number of hydrogen-bond donors (Lipinski definition) is 0. The van der Waals surface area contributed by atoms with Crippen LogP contribution in [-0.4, -0.2) is 71.2 Å². The molecule has 3 rings (SSSR count). The molecular weight excluding hydrogens is 368 g/mol. The number of hydrogen-bond acceptors (Lipinski definition) is 5. The molecule has 1 aromatic heterocycles. The van der Waals surface area contributed by atoms with E-state index in [1.165, 1.54) is 0 Å². The Morgan fingerprint density at radius 1 is 1.36 bits per heavy atom. The van der Waals surface area contributed by atoms with E-state index in [0.29, 0.717) is 39.0 Å². The number of alkyl halides is 2. The number of halogens is 2. The standard InChI is InChI=1S/C20H29F2N3O3/c1-19(2,3)28-18(26)25-10-7-20(8-11-25)14-24(13-17(21)22)12-16(27-20)15-6-4-5-9-23-15/h4-6,9,16-17H,7-8,10-14H2,1-3H3.